The molecule has 100 valence electrons. The fraction of sp³-hybridized carbons (Fsp3) is 0.167. The van der Waals surface area contributed by atoms with Crippen molar-refractivity contribution in [3.05, 3.63) is 77.0 Å². The third kappa shape index (κ3) is 2.80. The number of aromatic nitrogens is 1. The van der Waals surface area contributed by atoms with Crippen LogP contribution in [0.15, 0.2) is 59.1 Å². The fourth-order valence-corrected chi connectivity index (χ4v) is 2.36. The van der Waals surface area contributed by atoms with E-state index in [-0.39, 0.29) is 0 Å². The van der Waals surface area contributed by atoms with E-state index in [4.69, 9.17) is 4.52 Å². The van der Waals surface area contributed by atoms with Crippen molar-refractivity contribution in [1.82, 2.24) is 5.16 Å². The molecule has 2 nitrogen and oxygen atoms in total. The highest BCUT2D eigenvalue weighted by Crippen LogP contribution is 2.21. The third-order valence-electron chi connectivity index (χ3n) is 3.33. The van der Waals surface area contributed by atoms with Crippen molar-refractivity contribution >= 4 is 0 Å². The smallest absolute Gasteiger partial charge is 0.141 e. The van der Waals surface area contributed by atoms with Gasteiger partial charge in [-0.3, -0.25) is 0 Å². The third-order valence-corrected chi connectivity index (χ3v) is 3.33. The van der Waals surface area contributed by atoms with Gasteiger partial charge < -0.3 is 4.52 Å². The first-order valence-electron chi connectivity index (χ1n) is 6.79. The average Bonchev–Trinajstić information content (AvgIpc) is 2.87. The summed E-state index contributed by atoms with van der Waals surface area (Å²) in [6.45, 7) is 4.18. The second-order valence-corrected chi connectivity index (χ2v) is 5.21. The van der Waals surface area contributed by atoms with Crippen molar-refractivity contribution in [2.45, 2.75) is 20.3 Å². The minimum Gasteiger partial charge on any atom is -0.360 e. The van der Waals surface area contributed by atoms with Gasteiger partial charge in [0.15, 0.2) is 0 Å². The first-order valence-corrected chi connectivity index (χ1v) is 6.79. The Morgan fingerprint density at radius 2 is 1.65 bits per heavy atom. The Morgan fingerprint density at radius 1 is 0.900 bits per heavy atom. The van der Waals surface area contributed by atoms with Crippen LogP contribution in [0.5, 0.6) is 0 Å². The lowest BCUT2D eigenvalue weighted by Crippen LogP contribution is -1.86. The van der Waals surface area contributed by atoms with Gasteiger partial charge in [-0.2, -0.15) is 0 Å². The van der Waals surface area contributed by atoms with Gasteiger partial charge in [0.2, 0.25) is 0 Å². The van der Waals surface area contributed by atoms with Crippen molar-refractivity contribution < 1.29 is 4.52 Å². The van der Waals surface area contributed by atoms with Crippen LogP contribution in [-0.2, 0) is 6.42 Å². The summed E-state index contributed by atoms with van der Waals surface area (Å²) < 4.78 is 5.45. The fourth-order valence-electron chi connectivity index (χ4n) is 2.36. The first kappa shape index (κ1) is 12.7. The summed E-state index contributed by atoms with van der Waals surface area (Å²) in [5, 5.41) is 4.17. The second kappa shape index (κ2) is 5.33. The standard InChI is InChI=1S/C18H17NO/c1-13-5-3-7-15(9-13)11-17-12-18(19-20-17)16-8-4-6-14(2)10-16/h3-10,12H,11H2,1-2H3. The van der Waals surface area contributed by atoms with Crippen LogP contribution in [0.25, 0.3) is 11.3 Å². The van der Waals surface area contributed by atoms with Gasteiger partial charge in [0.05, 0.1) is 0 Å². The molecule has 0 aliphatic rings. The summed E-state index contributed by atoms with van der Waals surface area (Å²) in [6.07, 6.45) is 0.778. The van der Waals surface area contributed by atoms with E-state index in [2.05, 4.69) is 61.5 Å². The molecular formula is C18H17NO. The maximum atomic E-state index is 5.45. The Bertz CT molecular complexity index is 728. The average molecular weight is 263 g/mol. The largest absolute Gasteiger partial charge is 0.360 e. The van der Waals surface area contributed by atoms with Crippen LogP contribution >= 0.6 is 0 Å². The van der Waals surface area contributed by atoms with Crippen LogP contribution in [0, 0.1) is 13.8 Å². The zero-order valence-electron chi connectivity index (χ0n) is 11.8. The molecule has 0 saturated carbocycles. The highest BCUT2D eigenvalue weighted by atomic mass is 16.5. The summed E-state index contributed by atoms with van der Waals surface area (Å²) in [5.74, 6) is 0.895. The molecule has 0 amide bonds. The molecule has 2 heteroatoms. The van der Waals surface area contributed by atoms with E-state index in [1.165, 1.54) is 16.7 Å². The van der Waals surface area contributed by atoms with Crippen molar-refractivity contribution in [3.63, 3.8) is 0 Å². The second-order valence-electron chi connectivity index (χ2n) is 5.21. The molecule has 0 atom stereocenters. The lowest BCUT2D eigenvalue weighted by molar-refractivity contribution is 0.391. The summed E-state index contributed by atoms with van der Waals surface area (Å²) >= 11 is 0. The number of aryl methyl sites for hydroxylation is 2. The van der Waals surface area contributed by atoms with Gasteiger partial charge >= 0.3 is 0 Å². The first-order chi connectivity index (χ1) is 9.70. The molecule has 0 spiro atoms. The predicted octanol–water partition coefficient (Wildman–Crippen LogP) is 4.55. The Balaban J connectivity index is 1.84. The van der Waals surface area contributed by atoms with Crippen LogP contribution in [0.2, 0.25) is 0 Å². The van der Waals surface area contributed by atoms with Gasteiger partial charge in [0.1, 0.15) is 11.5 Å². The molecule has 0 N–H and O–H groups in total. The monoisotopic (exact) mass is 263 g/mol. The maximum Gasteiger partial charge on any atom is 0.141 e. The molecule has 3 aromatic rings. The van der Waals surface area contributed by atoms with E-state index in [9.17, 15) is 0 Å². The van der Waals surface area contributed by atoms with E-state index in [0.717, 1.165) is 23.4 Å². The number of hydrogen-bond acceptors (Lipinski definition) is 2. The van der Waals surface area contributed by atoms with Crippen LogP contribution in [-0.4, -0.2) is 5.16 Å². The van der Waals surface area contributed by atoms with Crippen LogP contribution < -0.4 is 0 Å². The number of hydrogen-bond donors (Lipinski definition) is 0. The molecule has 3 rings (SSSR count). The number of benzene rings is 2. The molecule has 0 aliphatic heterocycles. The summed E-state index contributed by atoms with van der Waals surface area (Å²) in [4.78, 5) is 0. The van der Waals surface area contributed by atoms with Gasteiger partial charge in [-0.15, -0.1) is 0 Å². The topological polar surface area (TPSA) is 26.0 Å². The molecule has 0 radical (unpaired) electrons. The van der Waals surface area contributed by atoms with Crippen molar-refractivity contribution in [2.24, 2.45) is 0 Å². The van der Waals surface area contributed by atoms with E-state index >= 15 is 0 Å². The zero-order chi connectivity index (χ0) is 13.9. The van der Waals surface area contributed by atoms with Gasteiger partial charge in [-0.05, 0) is 25.5 Å². The van der Waals surface area contributed by atoms with E-state index in [1.54, 1.807) is 0 Å². The molecule has 0 bridgehead atoms. The van der Waals surface area contributed by atoms with Crippen molar-refractivity contribution in [3.8, 4) is 11.3 Å². The van der Waals surface area contributed by atoms with E-state index < -0.39 is 0 Å². The highest BCUT2D eigenvalue weighted by molar-refractivity contribution is 5.59. The zero-order valence-corrected chi connectivity index (χ0v) is 11.8. The van der Waals surface area contributed by atoms with Crippen molar-refractivity contribution in [2.75, 3.05) is 0 Å². The van der Waals surface area contributed by atoms with Gasteiger partial charge in [0, 0.05) is 18.1 Å². The molecule has 1 aromatic heterocycles. The SMILES string of the molecule is Cc1cccc(Cc2cc(-c3cccc(C)c3)no2)c1. The summed E-state index contributed by atoms with van der Waals surface area (Å²) in [5.41, 5.74) is 5.74. The molecule has 0 aliphatic carbocycles. The van der Waals surface area contributed by atoms with Gasteiger partial charge in [0.25, 0.3) is 0 Å². The van der Waals surface area contributed by atoms with Crippen LogP contribution in [0.1, 0.15) is 22.5 Å². The van der Waals surface area contributed by atoms with Crippen LogP contribution in [0.3, 0.4) is 0 Å². The minimum absolute atomic E-state index is 0.778. The van der Waals surface area contributed by atoms with E-state index in [1.807, 2.05) is 12.1 Å². The molecule has 0 unspecified atom stereocenters. The Hall–Kier alpha value is -2.35. The molecule has 0 fully saturated rings. The quantitative estimate of drug-likeness (QED) is 0.693. The normalized spacial score (nSPS) is 10.7. The number of nitrogens with zero attached hydrogens (tertiary/aromatic N) is 1. The van der Waals surface area contributed by atoms with Crippen molar-refractivity contribution in [1.29, 1.82) is 0 Å². The molecule has 20 heavy (non-hydrogen) atoms. The highest BCUT2D eigenvalue weighted by Gasteiger charge is 2.07. The Morgan fingerprint density at radius 3 is 2.40 bits per heavy atom. The maximum absolute atomic E-state index is 5.45. The molecular weight excluding hydrogens is 246 g/mol. The lowest BCUT2D eigenvalue weighted by atomic mass is 10.1. The summed E-state index contributed by atoms with van der Waals surface area (Å²) in [7, 11) is 0. The Labute approximate surface area is 119 Å². The lowest BCUT2D eigenvalue weighted by Gasteiger charge is -1.98. The molecule has 1 heterocycles. The van der Waals surface area contributed by atoms with Gasteiger partial charge in [-0.1, -0.05) is 58.7 Å². The summed E-state index contributed by atoms with van der Waals surface area (Å²) in [6, 6.07) is 18.8. The molecule has 0 saturated heterocycles. The van der Waals surface area contributed by atoms with E-state index in [0.29, 0.717) is 0 Å². The van der Waals surface area contributed by atoms with Crippen LogP contribution in [0.4, 0.5) is 0 Å². The minimum atomic E-state index is 0.778. The van der Waals surface area contributed by atoms with Gasteiger partial charge in [-0.25, -0.2) is 0 Å². The molecule has 2 aromatic carbocycles. The Kier molecular flexibility index (Phi) is 3.38. The predicted molar refractivity (Wildman–Crippen MR) is 80.7 cm³/mol. The number of rotatable bonds is 3.